The van der Waals surface area contributed by atoms with Crippen LogP contribution in [0.25, 0.3) is 17.0 Å². The van der Waals surface area contributed by atoms with Crippen LogP contribution in [0.15, 0.2) is 55.0 Å². The van der Waals surface area contributed by atoms with Crippen molar-refractivity contribution in [3.05, 3.63) is 71.4 Å². The van der Waals surface area contributed by atoms with Crippen molar-refractivity contribution in [3.8, 4) is 11.4 Å². The fourth-order valence-electron chi connectivity index (χ4n) is 4.06. The molecule has 8 heteroatoms. The quantitative estimate of drug-likeness (QED) is 0.505. The number of likely N-dealkylation sites (tertiary alicyclic amines) is 1. The summed E-state index contributed by atoms with van der Waals surface area (Å²) in [6.07, 6.45) is 7.40. The third-order valence-corrected chi connectivity index (χ3v) is 5.79. The highest BCUT2D eigenvalue weighted by atomic mass is 35.5. The first kappa shape index (κ1) is 18.8. The summed E-state index contributed by atoms with van der Waals surface area (Å²) in [6, 6.07) is 11.5. The van der Waals surface area contributed by atoms with E-state index in [0.717, 1.165) is 42.1 Å². The number of amides is 1. The largest absolute Gasteiger partial charge is 0.337 e. The van der Waals surface area contributed by atoms with Crippen LogP contribution >= 0.6 is 11.6 Å². The lowest BCUT2D eigenvalue weighted by Gasteiger charge is -2.32. The van der Waals surface area contributed by atoms with Crippen LogP contribution in [0.2, 0.25) is 5.02 Å². The molecule has 1 aliphatic rings. The maximum atomic E-state index is 12.8. The Kier molecular flexibility index (Phi) is 4.75. The van der Waals surface area contributed by atoms with E-state index in [4.69, 9.17) is 16.6 Å². The van der Waals surface area contributed by atoms with Gasteiger partial charge in [0.05, 0.1) is 22.6 Å². The van der Waals surface area contributed by atoms with Crippen molar-refractivity contribution in [2.24, 2.45) is 7.05 Å². The maximum Gasteiger partial charge on any atom is 0.274 e. The molecule has 0 bridgehead atoms. The lowest BCUT2D eigenvalue weighted by atomic mass is 9.94. The van der Waals surface area contributed by atoms with E-state index in [-0.39, 0.29) is 11.8 Å². The highest BCUT2D eigenvalue weighted by molar-refractivity contribution is 6.30. The highest BCUT2D eigenvalue weighted by Gasteiger charge is 2.27. The number of halogens is 1. The summed E-state index contributed by atoms with van der Waals surface area (Å²) >= 11 is 6.17. The first-order valence-electron chi connectivity index (χ1n) is 9.97. The summed E-state index contributed by atoms with van der Waals surface area (Å²) in [6.45, 7) is 1.39. The smallest absolute Gasteiger partial charge is 0.274 e. The second kappa shape index (κ2) is 7.57. The van der Waals surface area contributed by atoms with Gasteiger partial charge in [-0.3, -0.25) is 18.9 Å². The van der Waals surface area contributed by atoms with Crippen LogP contribution in [-0.2, 0) is 7.05 Å². The first-order valence-corrected chi connectivity index (χ1v) is 10.3. The van der Waals surface area contributed by atoms with Gasteiger partial charge in [-0.15, -0.1) is 0 Å². The number of pyridine rings is 2. The Hall–Kier alpha value is -3.19. The van der Waals surface area contributed by atoms with Crippen LogP contribution in [0, 0.1) is 0 Å². The molecular formula is C22H21ClN6O. The van der Waals surface area contributed by atoms with Gasteiger partial charge in [-0.2, -0.15) is 5.10 Å². The van der Waals surface area contributed by atoms with E-state index in [1.54, 1.807) is 16.9 Å². The van der Waals surface area contributed by atoms with E-state index in [0.29, 0.717) is 17.3 Å². The summed E-state index contributed by atoms with van der Waals surface area (Å²) in [5.41, 5.74) is 4.04. The minimum Gasteiger partial charge on any atom is -0.337 e. The molecule has 4 aromatic rings. The van der Waals surface area contributed by atoms with Gasteiger partial charge in [0, 0.05) is 44.1 Å². The van der Waals surface area contributed by atoms with Crippen molar-refractivity contribution in [2.45, 2.75) is 18.8 Å². The second-order valence-corrected chi connectivity index (χ2v) is 8.07. The van der Waals surface area contributed by atoms with Crippen molar-refractivity contribution in [1.82, 2.24) is 29.0 Å². The number of rotatable bonds is 3. The zero-order chi connectivity index (χ0) is 20.7. The molecule has 30 heavy (non-hydrogen) atoms. The van der Waals surface area contributed by atoms with E-state index in [1.807, 2.05) is 59.1 Å². The number of hydrogen-bond acceptors (Lipinski definition) is 4. The SMILES string of the molecule is Cn1ccc(C(=O)N2CCC[C@H](c3cccc(-c4cnc5ccc(Cl)cn45)n3)C2)n1. The first-order chi connectivity index (χ1) is 14.6. The Labute approximate surface area is 178 Å². The minimum absolute atomic E-state index is 0.0205. The van der Waals surface area contributed by atoms with Crippen LogP contribution in [0.1, 0.15) is 34.9 Å². The zero-order valence-electron chi connectivity index (χ0n) is 16.6. The molecule has 1 fully saturated rings. The van der Waals surface area contributed by atoms with Gasteiger partial charge in [-0.05, 0) is 43.2 Å². The molecule has 0 spiro atoms. The van der Waals surface area contributed by atoms with Crippen LogP contribution in [0.3, 0.4) is 0 Å². The van der Waals surface area contributed by atoms with Crippen molar-refractivity contribution < 1.29 is 4.79 Å². The molecule has 4 aromatic heterocycles. The van der Waals surface area contributed by atoms with Gasteiger partial charge in [-0.1, -0.05) is 17.7 Å². The second-order valence-electron chi connectivity index (χ2n) is 7.63. The third kappa shape index (κ3) is 3.45. The van der Waals surface area contributed by atoms with Gasteiger partial charge >= 0.3 is 0 Å². The number of carbonyl (C=O) groups excluding carboxylic acids is 1. The molecule has 7 nitrogen and oxygen atoms in total. The van der Waals surface area contributed by atoms with Gasteiger partial charge in [-0.25, -0.2) is 4.98 Å². The van der Waals surface area contributed by atoms with Gasteiger partial charge in [0.15, 0.2) is 0 Å². The Bertz CT molecular complexity index is 1230. The van der Waals surface area contributed by atoms with E-state index in [1.165, 1.54) is 0 Å². The average Bonchev–Trinajstić information content (AvgIpc) is 3.39. The van der Waals surface area contributed by atoms with Crippen LogP contribution in [-0.4, -0.2) is 48.0 Å². The predicted octanol–water partition coefficient (Wildman–Crippen LogP) is 3.80. The summed E-state index contributed by atoms with van der Waals surface area (Å²) < 4.78 is 3.61. The molecule has 0 radical (unpaired) electrons. The number of piperidine rings is 1. The molecule has 0 N–H and O–H groups in total. The van der Waals surface area contributed by atoms with Crippen LogP contribution in [0.5, 0.6) is 0 Å². The number of nitrogens with zero attached hydrogens (tertiary/aromatic N) is 6. The number of hydrogen-bond donors (Lipinski definition) is 0. The lowest BCUT2D eigenvalue weighted by molar-refractivity contribution is 0.0699. The molecule has 1 aliphatic heterocycles. The van der Waals surface area contributed by atoms with Gasteiger partial charge in [0.1, 0.15) is 11.3 Å². The normalized spacial score (nSPS) is 16.9. The fourth-order valence-corrected chi connectivity index (χ4v) is 4.22. The lowest BCUT2D eigenvalue weighted by Crippen LogP contribution is -2.39. The van der Waals surface area contributed by atoms with E-state index in [9.17, 15) is 4.79 Å². The molecule has 1 saturated heterocycles. The molecule has 0 unspecified atom stereocenters. The monoisotopic (exact) mass is 420 g/mol. The van der Waals surface area contributed by atoms with E-state index >= 15 is 0 Å². The summed E-state index contributed by atoms with van der Waals surface area (Å²) in [5, 5.41) is 4.90. The number of fused-ring (bicyclic) bond motifs is 1. The molecule has 1 atom stereocenters. The molecular weight excluding hydrogens is 400 g/mol. The Morgan fingerprint density at radius 1 is 1.20 bits per heavy atom. The van der Waals surface area contributed by atoms with E-state index < -0.39 is 0 Å². The van der Waals surface area contributed by atoms with Gasteiger partial charge in [0.25, 0.3) is 5.91 Å². The predicted molar refractivity (Wildman–Crippen MR) is 115 cm³/mol. The van der Waals surface area contributed by atoms with Crippen LogP contribution < -0.4 is 0 Å². The molecule has 5 heterocycles. The van der Waals surface area contributed by atoms with Crippen molar-refractivity contribution in [3.63, 3.8) is 0 Å². The third-order valence-electron chi connectivity index (χ3n) is 5.56. The molecule has 0 saturated carbocycles. The highest BCUT2D eigenvalue weighted by Crippen LogP contribution is 2.29. The summed E-state index contributed by atoms with van der Waals surface area (Å²) in [4.78, 5) is 24.1. The molecule has 5 rings (SSSR count). The van der Waals surface area contributed by atoms with E-state index in [2.05, 4.69) is 10.1 Å². The zero-order valence-corrected chi connectivity index (χ0v) is 17.3. The number of imidazole rings is 1. The Morgan fingerprint density at radius 3 is 2.93 bits per heavy atom. The average molecular weight is 421 g/mol. The van der Waals surface area contributed by atoms with Crippen molar-refractivity contribution >= 4 is 23.2 Å². The topological polar surface area (TPSA) is 68.3 Å². The van der Waals surface area contributed by atoms with Gasteiger partial charge in [0.2, 0.25) is 0 Å². The molecule has 1 amide bonds. The summed E-state index contributed by atoms with van der Waals surface area (Å²) in [7, 11) is 1.82. The standard InChI is InChI=1S/C22H21ClN6O/c1-27-11-9-19(26-27)22(30)28-10-3-4-15(13-28)17-5-2-6-18(25-17)20-12-24-21-8-7-16(23)14-29(20)21/h2,5-9,11-12,14-15H,3-4,10,13H2,1H3/t15-/m0/s1. The fraction of sp³-hybridized carbons (Fsp3) is 0.273. The Balaban J connectivity index is 1.42. The number of aromatic nitrogens is 5. The summed E-state index contributed by atoms with van der Waals surface area (Å²) in [5.74, 6) is 0.169. The van der Waals surface area contributed by atoms with Gasteiger partial charge < -0.3 is 4.90 Å². The van der Waals surface area contributed by atoms with Crippen molar-refractivity contribution in [2.75, 3.05) is 13.1 Å². The number of aryl methyl sites for hydroxylation is 1. The molecule has 152 valence electrons. The number of carbonyl (C=O) groups is 1. The Morgan fingerprint density at radius 2 is 2.10 bits per heavy atom. The minimum atomic E-state index is -0.0205. The van der Waals surface area contributed by atoms with Crippen LogP contribution in [0.4, 0.5) is 0 Å². The molecule has 0 aliphatic carbocycles. The maximum absolute atomic E-state index is 12.8. The van der Waals surface area contributed by atoms with Crippen molar-refractivity contribution in [1.29, 1.82) is 0 Å². The molecule has 0 aromatic carbocycles.